The molecule has 0 unspecified atom stereocenters. The fraction of sp³-hybridized carbons (Fsp3) is 0. The molecule has 10 rings (SSSR count). The average Bonchev–Trinajstić information content (AvgIpc) is 3.64. The van der Waals surface area contributed by atoms with Crippen molar-refractivity contribution in [3.05, 3.63) is 212 Å². The summed E-state index contributed by atoms with van der Waals surface area (Å²) in [6.45, 7) is 0. The maximum absolute atomic E-state index is 7.12. The van der Waals surface area contributed by atoms with Crippen molar-refractivity contribution in [2.75, 3.05) is 4.90 Å². The maximum Gasteiger partial charge on any atom is 0.159 e. The molecule has 0 fully saturated rings. The molecule has 2 nitrogen and oxygen atoms in total. The number of hydrogen-bond acceptors (Lipinski definition) is 2. The van der Waals surface area contributed by atoms with E-state index in [4.69, 9.17) is 4.42 Å². The highest BCUT2D eigenvalue weighted by Crippen LogP contribution is 2.47. The summed E-state index contributed by atoms with van der Waals surface area (Å²) in [6, 6.07) is 75.7. The fourth-order valence-corrected chi connectivity index (χ4v) is 7.80. The molecule has 0 bridgehead atoms. The van der Waals surface area contributed by atoms with Gasteiger partial charge in [-0.25, -0.2) is 0 Å². The Kier molecular flexibility index (Phi) is 7.85. The number of hydrogen-bond donors (Lipinski definition) is 0. The van der Waals surface area contributed by atoms with Gasteiger partial charge in [0.2, 0.25) is 0 Å². The van der Waals surface area contributed by atoms with Crippen LogP contribution in [0.15, 0.2) is 217 Å². The molecule has 54 heavy (non-hydrogen) atoms. The molecular formula is C52H35NO. The maximum atomic E-state index is 7.12. The topological polar surface area (TPSA) is 16.4 Å². The van der Waals surface area contributed by atoms with Crippen molar-refractivity contribution in [1.82, 2.24) is 0 Å². The van der Waals surface area contributed by atoms with E-state index in [1.165, 1.54) is 27.5 Å². The summed E-state index contributed by atoms with van der Waals surface area (Å²) in [5, 5.41) is 4.65. The molecule has 0 N–H and O–H groups in total. The lowest BCUT2D eigenvalue weighted by Crippen LogP contribution is -2.11. The summed E-state index contributed by atoms with van der Waals surface area (Å²) in [5.74, 6) is 0. The van der Waals surface area contributed by atoms with Gasteiger partial charge in [-0.2, -0.15) is 0 Å². The highest BCUT2D eigenvalue weighted by atomic mass is 16.3. The van der Waals surface area contributed by atoms with Gasteiger partial charge in [0.15, 0.2) is 5.58 Å². The van der Waals surface area contributed by atoms with E-state index in [0.717, 1.165) is 66.8 Å². The number of para-hydroxylation sites is 2. The molecule has 2 heteroatoms. The molecule has 9 aromatic carbocycles. The first-order valence-electron chi connectivity index (χ1n) is 18.4. The van der Waals surface area contributed by atoms with Crippen LogP contribution in [0.2, 0.25) is 0 Å². The van der Waals surface area contributed by atoms with Crippen LogP contribution < -0.4 is 4.90 Å². The smallest absolute Gasteiger partial charge is 0.159 e. The van der Waals surface area contributed by atoms with E-state index in [1.807, 2.05) is 0 Å². The Morgan fingerprint density at radius 1 is 0.296 bits per heavy atom. The summed E-state index contributed by atoms with van der Waals surface area (Å²) in [4.78, 5) is 2.36. The second-order valence-corrected chi connectivity index (χ2v) is 13.7. The van der Waals surface area contributed by atoms with E-state index in [9.17, 15) is 0 Å². The third-order valence-electron chi connectivity index (χ3n) is 10.4. The molecule has 10 aromatic rings. The largest absolute Gasteiger partial charge is 0.453 e. The zero-order valence-electron chi connectivity index (χ0n) is 29.6. The minimum absolute atomic E-state index is 0.844. The van der Waals surface area contributed by atoms with Crippen LogP contribution in [-0.2, 0) is 0 Å². The fourth-order valence-electron chi connectivity index (χ4n) is 7.80. The predicted octanol–water partition coefficient (Wildman–Crippen LogP) is 14.9. The van der Waals surface area contributed by atoms with Crippen molar-refractivity contribution in [2.45, 2.75) is 0 Å². The molecule has 0 spiro atoms. The zero-order valence-corrected chi connectivity index (χ0v) is 29.6. The normalized spacial score (nSPS) is 11.3. The number of benzene rings is 9. The first kappa shape index (κ1) is 31.6. The minimum atomic E-state index is 0.844. The lowest BCUT2D eigenvalue weighted by atomic mass is 9.95. The van der Waals surface area contributed by atoms with Crippen molar-refractivity contribution in [3.63, 3.8) is 0 Å². The SMILES string of the molecule is c1ccc(-c2cc(-c3ccccc3)c3oc4c(N(c5ccc(-c6ccc7ccccc7c6)cc5)c5ccccc5-c5ccccc5)cccc4c3c2)cc1. The molecule has 254 valence electrons. The standard InChI is InChI=1S/C52H35NO/c1-4-15-36(16-5-1)43-34-47(40-20-8-3-9-21-40)51-48(35-43)46-24-14-26-50(52(46)54-51)53(49-25-13-12-23-45(49)39-18-6-2-7-19-39)44-31-29-38(30-32-44)42-28-27-37-17-10-11-22-41(37)33-42/h1-35H. The molecule has 0 saturated heterocycles. The van der Waals surface area contributed by atoms with Crippen LogP contribution in [0.25, 0.3) is 77.2 Å². The predicted molar refractivity (Wildman–Crippen MR) is 228 cm³/mol. The number of anilines is 3. The Labute approximate surface area is 314 Å². The van der Waals surface area contributed by atoms with Crippen LogP contribution in [0.5, 0.6) is 0 Å². The number of furan rings is 1. The number of rotatable bonds is 7. The van der Waals surface area contributed by atoms with Crippen LogP contribution in [0, 0.1) is 0 Å². The lowest BCUT2D eigenvalue weighted by molar-refractivity contribution is 0.670. The van der Waals surface area contributed by atoms with Gasteiger partial charge in [-0.3, -0.25) is 0 Å². The summed E-state index contributed by atoms with van der Waals surface area (Å²) in [6.07, 6.45) is 0. The van der Waals surface area contributed by atoms with E-state index < -0.39 is 0 Å². The molecule has 1 aromatic heterocycles. The molecule has 1 heterocycles. The van der Waals surface area contributed by atoms with Crippen molar-refractivity contribution in [1.29, 1.82) is 0 Å². The van der Waals surface area contributed by atoms with Crippen LogP contribution in [0.4, 0.5) is 17.1 Å². The van der Waals surface area contributed by atoms with Gasteiger partial charge in [-0.05, 0) is 86.6 Å². The van der Waals surface area contributed by atoms with Crippen LogP contribution >= 0.6 is 0 Å². The molecule has 0 atom stereocenters. The summed E-state index contributed by atoms with van der Waals surface area (Å²) in [5.41, 5.74) is 14.0. The molecule has 0 saturated carbocycles. The van der Waals surface area contributed by atoms with Crippen molar-refractivity contribution in [3.8, 4) is 44.5 Å². The second kappa shape index (κ2) is 13.4. The van der Waals surface area contributed by atoms with E-state index in [1.54, 1.807) is 0 Å². The van der Waals surface area contributed by atoms with Gasteiger partial charge in [0, 0.05) is 27.6 Å². The van der Waals surface area contributed by atoms with Crippen molar-refractivity contribution in [2.24, 2.45) is 0 Å². The first-order chi connectivity index (χ1) is 26.8. The van der Waals surface area contributed by atoms with Gasteiger partial charge in [0.25, 0.3) is 0 Å². The molecule has 0 aliphatic carbocycles. The van der Waals surface area contributed by atoms with E-state index in [2.05, 4.69) is 217 Å². The first-order valence-corrected chi connectivity index (χ1v) is 18.4. The van der Waals surface area contributed by atoms with Gasteiger partial charge in [0.1, 0.15) is 5.58 Å². The van der Waals surface area contributed by atoms with Gasteiger partial charge in [-0.15, -0.1) is 0 Å². The Balaban J connectivity index is 1.20. The Bertz CT molecular complexity index is 2910. The van der Waals surface area contributed by atoms with E-state index >= 15 is 0 Å². The molecule has 0 amide bonds. The van der Waals surface area contributed by atoms with Crippen LogP contribution in [-0.4, -0.2) is 0 Å². The van der Waals surface area contributed by atoms with Crippen LogP contribution in [0.1, 0.15) is 0 Å². The third-order valence-corrected chi connectivity index (χ3v) is 10.4. The monoisotopic (exact) mass is 689 g/mol. The number of nitrogens with zero attached hydrogens (tertiary/aromatic N) is 1. The lowest BCUT2D eigenvalue weighted by Gasteiger charge is -2.28. The summed E-state index contributed by atoms with van der Waals surface area (Å²) >= 11 is 0. The van der Waals surface area contributed by atoms with Gasteiger partial charge >= 0.3 is 0 Å². The van der Waals surface area contributed by atoms with Crippen molar-refractivity contribution < 1.29 is 4.42 Å². The summed E-state index contributed by atoms with van der Waals surface area (Å²) < 4.78 is 7.12. The van der Waals surface area contributed by atoms with Crippen molar-refractivity contribution >= 4 is 49.8 Å². The minimum Gasteiger partial charge on any atom is -0.453 e. The zero-order chi connectivity index (χ0) is 35.8. The quantitative estimate of drug-likeness (QED) is 0.166. The molecule has 0 aliphatic heterocycles. The molecule has 0 radical (unpaired) electrons. The number of fused-ring (bicyclic) bond motifs is 4. The highest BCUT2D eigenvalue weighted by molar-refractivity contribution is 6.15. The van der Waals surface area contributed by atoms with E-state index in [0.29, 0.717) is 0 Å². The van der Waals surface area contributed by atoms with Gasteiger partial charge in [-0.1, -0.05) is 170 Å². The van der Waals surface area contributed by atoms with Crippen LogP contribution in [0.3, 0.4) is 0 Å². The third kappa shape index (κ3) is 5.62. The Morgan fingerprint density at radius 2 is 0.870 bits per heavy atom. The average molecular weight is 690 g/mol. The van der Waals surface area contributed by atoms with Gasteiger partial charge in [0.05, 0.1) is 11.4 Å². The second-order valence-electron chi connectivity index (χ2n) is 13.7. The van der Waals surface area contributed by atoms with E-state index in [-0.39, 0.29) is 0 Å². The van der Waals surface area contributed by atoms with Gasteiger partial charge < -0.3 is 9.32 Å². The Morgan fingerprint density at radius 3 is 1.61 bits per heavy atom. The molecular weight excluding hydrogens is 655 g/mol. The summed E-state index contributed by atoms with van der Waals surface area (Å²) in [7, 11) is 0. The molecule has 0 aliphatic rings. The highest BCUT2D eigenvalue weighted by Gasteiger charge is 2.23. The Hall–Kier alpha value is -7.16.